The van der Waals surface area contributed by atoms with E-state index in [2.05, 4.69) is 10.6 Å². The molecule has 1 aromatic rings. The van der Waals surface area contributed by atoms with Gasteiger partial charge in [-0.05, 0) is 54.0 Å². The molecule has 0 aliphatic heterocycles. The van der Waals surface area contributed by atoms with Gasteiger partial charge < -0.3 is 25.4 Å². The molecule has 174 valence electrons. The van der Waals surface area contributed by atoms with Crippen LogP contribution in [0, 0.1) is 0 Å². The first-order chi connectivity index (χ1) is 14.4. The molecule has 2 atom stereocenters. The molecule has 8 nitrogen and oxygen atoms in total. The summed E-state index contributed by atoms with van der Waals surface area (Å²) in [4.78, 5) is 39.7. The third-order valence-electron chi connectivity index (χ3n) is 4.50. The SMILES string of the molecule is CCCC(C)NC(=O)C(c1ccccc1O)N(C(=O)CNC(=O)OC(C)(C)C)C(C)C. The van der Waals surface area contributed by atoms with E-state index in [1.165, 1.54) is 11.0 Å². The lowest BCUT2D eigenvalue weighted by Gasteiger charge is -2.35. The van der Waals surface area contributed by atoms with Crippen LogP contribution in [0.1, 0.15) is 72.9 Å². The summed E-state index contributed by atoms with van der Waals surface area (Å²) in [7, 11) is 0. The average molecular weight is 436 g/mol. The number of nitrogens with one attached hydrogen (secondary N) is 2. The summed E-state index contributed by atoms with van der Waals surface area (Å²) in [6, 6.07) is 4.94. The Balaban J connectivity index is 3.18. The normalized spacial score (nSPS) is 13.3. The summed E-state index contributed by atoms with van der Waals surface area (Å²) in [5.74, 6) is -0.932. The van der Waals surface area contributed by atoms with Gasteiger partial charge in [-0.2, -0.15) is 0 Å². The van der Waals surface area contributed by atoms with Crippen molar-refractivity contribution < 1.29 is 24.2 Å². The van der Waals surface area contributed by atoms with Crippen LogP contribution in [0.2, 0.25) is 0 Å². The lowest BCUT2D eigenvalue weighted by molar-refractivity contribution is -0.142. The Hall–Kier alpha value is -2.77. The van der Waals surface area contributed by atoms with Crippen molar-refractivity contribution in [1.82, 2.24) is 15.5 Å². The molecule has 0 fully saturated rings. The Morgan fingerprint density at radius 2 is 1.74 bits per heavy atom. The Bertz CT molecular complexity index is 758. The maximum Gasteiger partial charge on any atom is 0.408 e. The first kappa shape index (κ1) is 26.3. The molecule has 0 radical (unpaired) electrons. The average Bonchev–Trinajstić information content (AvgIpc) is 2.63. The van der Waals surface area contributed by atoms with E-state index >= 15 is 0 Å². The molecule has 1 aromatic carbocycles. The third-order valence-corrected chi connectivity index (χ3v) is 4.50. The number of ether oxygens (including phenoxy) is 1. The standard InChI is InChI=1S/C23H37N3O5/c1-8-11-16(4)25-21(29)20(17-12-9-10-13-18(17)27)26(15(2)3)19(28)14-24-22(30)31-23(5,6)7/h9-10,12-13,15-16,20,27H,8,11,14H2,1-7H3,(H,24,30)(H,25,29). The van der Waals surface area contributed by atoms with Gasteiger partial charge in [0.1, 0.15) is 23.9 Å². The van der Waals surface area contributed by atoms with E-state index in [4.69, 9.17) is 4.74 Å². The van der Waals surface area contributed by atoms with Crippen molar-refractivity contribution in [3.8, 4) is 5.75 Å². The molecule has 0 spiro atoms. The van der Waals surface area contributed by atoms with Crippen LogP contribution in [0.3, 0.4) is 0 Å². The molecule has 0 saturated carbocycles. The largest absolute Gasteiger partial charge is 0.508 e. The minimum absolute atomic E-state index is 0.0793. The highest BCUT2D eigenvalue weighted by molar-refractivity contribution is 5.91. The fraction of sp³-hybridized carbons (Fsp3) is 0.609. The molecular formula is C23H37N3O5. The number of nitrogens with zero attached hydrogens (tertiary/aromatic N) is 1. The van der Waals surface area contributed by atoms with Gasteiger partial charge in [0.15, 0.2) is 0 Å². The van der Waals surface area contributed by atoms with E-state index in [0.29, 0.717) is 5.56 Å². The minimum atomic E-state index is -1.05. The number of carbonyl (C=O) groups is 3. The van der Waals surface area contributed by atoms with Crippen LogP contribution in [-0.2, 0) is 14.3 Å². The molecule has 31 heavy (non-hydrogen) atoms. The highest BCUT2D eigenvalue weighted by atomic mass is 16.6. The van der Waals surface area contributed by atoms with Gasteiger partial charge in [0, 0.05) is 17.6 Å². The monoisotopic (exact) mass is 435 g/mol. The van der Waals surface area contributed by atoms with E-state index in [0.717, 1.165) is 12.8 Å². The van der Waals surface area contributed by atoms with Crippen LogP contribution in [0.15, 0.2) is 24.3 Å². The second kappa shape index (κ2) is 11.6. The Kier molecular flexibility index (Phi) is 9.81. The summed E-state index contributed by atoms with van der Waals surface area (Å²) in [6.45, 7) is 12.3. The fourth-order valence-electron chi connectivity index (χ4n) is 3.25. The first-order valence-electron chi connectivity index (χ1n) is 10.7. The van der Waals surface area contributed by atoms with E-state index in [9.17, 15) is 19.5 Å². The summed E-state index contributed by atoms with van der Waals surface area (Å²) in [5, 5.41) is 15.8. The number of aromatic hydroxyl groups is 1. The summed E-state index contributed by atoms with van der Waals surface area (Å²) in [5.41, 5.74) is -0.374. The third kappa shape index (κ3) is 8.47. The smallest absolute Gasteiger partial charge is 0.408 e. The van der Waals surface area contributed by atoms with E-state index in [1.807, 2.05) is 13.8 Å². The van der Waals surface area contributed by atoms with Crippen LogP contribution in [0.5, 0.6) is 5.75 Å². The second-order valence-electron chi connectivity index (χ2n) is 8.91. The number of hydrogen-bond donors (Lipinski definition) is 3. The van der Waals surface area contributed by atoms with E-state index in [1.54, 1.807) is 52.8 Å². The zero-order valence-corrected chi connectivity index (χ0v) is 19.7. The van der Waals surface area contributed by atoms with Crippen LogP contribution < -0.4 is 10.6 Å². The number of phenolic OH excluding ortho intramolecular Hbond substituents is 1. The minimum Gasteiger partial charge on any atom is -0.508 e. The summed E-state index contributed by atoms with van der Waals surface area (Å²) >= 11 is 0. The number of para-hydroxylation sites is 1. The van der Waals surface area contributed by atoms with Crippen LogP contribution in [0.25, 0.3) is 0 Å². The molecular weight excluding hydrogens is 398 g/mol. The van der Waals surface area contributed by atoms with Crippen molar-refractivity contribution in [3.05, 3.63) is 29.8 Å². The maximum atomic E-state index is 13.2. The maximum absolute atomic E-state index is 13.2. The molecule has 0 saturated heterocycles. The molecule has 0 heterocycles. The molecule has 3 amide bonds. The Morgan fingerprint density at radius 3 is 2.26 bits per heavy atom. The number of phenols is 1. The topological polar surface area (TPSA) is 108 Å². The number of amides is 3. The van der Waals surface area contributed by atoms with Gasteiger partial charge in [-0.15, -0.1) is 0 Å². The van der Waals surface area contributed by atoms with Crippen molar-refractivity contribution in [2.24, 2.45) is 0 Å². The lowest BCUT2D eigenvalue weighted by atomic mass is 10.0. The van der Waals surface area contributed by atoms with Crippen LogP contribution >= 0.6 is 0 Å². The summed E-state index contributed by atoms with van der Waals surface area (Å²) < 4.78 is 5.18. The second-order valence-corrected chi connectivity index (χ2v) is 8.91. The van der Waals surface area contributed by atoms with Gasteiger partial charge in [0.05, 0.1) is 0 Å². The molecule has 8 heteroatoms. The Morgan fingerprint density at radius 1 is 1.13 bits per heavy atom. The predicted octanol–water partition coefficient (Wildman–Crippen LogP) is 3.50. The molecule has 3 N–H and O–H groups in total. The van der Waals surface area contributed by atoms with Crippen molar-refractivity contribution in [2.75, 3.05) is 6.54 Å². The van der Waals surface area contributed by atoms with Gasteiger partial charge >= 0.3 is 6.09 Å². The highest BCUT2D eigenvalue weighted by Gasteiger charge is 2.35. The zero-order valence-electron chi connectivity index (χ0n) is 19.7. The number of carbonyl (C=O) groups excluding carboxylic acids is 3. The summed E-state index contributed by atoms with van der Waals surface area (Å²) in [6.07, 6.45) is 0.967. The fourth-order valence-corrected chi connectivity index (χ4v) is 3.25. The van der Waals surface area contributed by atoms with Gasteiger partial charge in [0.25, 0.3) is 0 Å². The molecule has 0 aliphatic carbocycles. The molecule has 0 bridgehead atoms. The first-order valence-corrected chi connectivity index (χ1v) is 10.7. The molecule has 0 aromatic heterocycles. The predicted molar refractivity (Wildman–Crippen MR) is 120 cm³/mol. The van der Waals surface area contributed by atoms with E-state index in [-0.39, 0.29) is 30.3 Å². The van der Waals surface area contributed by atoms with Gasteiger partial charge in [-0.25, -0.2) is 4.79 Å². The van der Waals surface area contributed by atoms with Gasteiger partial charge in [-0.1, -0.05) is 31.5 Å². The zero-order chi connectivity index (χ0) is 23.8. The van der Waals surface area contributed by atoms with Gasteiger partial charge in [-0.3, -0.25) is 9.59 Å². The molecule has 1 rings (SSSR count). The Labute approximate surface area is 185 Å². The van der Waals surface area contributed by atoms with Crippen LogP contribution in [0.4, 0.5) is 4.79 Å². The van der Waals surface area contributed by atoms with Crippen molar-refractivity contribution in [1.29, 1.82) is 0 Å². The number of hydrogen-bond acceptors (Lipinski definition) is 5. The molecule has 2 unspecified atom stereocenters. The highest BCUT2D eigenvalue weighted by Crippen LogP contribution is 2.30. The lowest BCUT2D eigenvalue weighted by Crippen LogP contribution is -2.51. The van der Waals surface area contributed by atoms with Crippen molar-refractivity contribution in [2.45, 2.75) is 85.0 Å². The quantitative estimate of drug-likeness (QED) is 0.550. The van der Waals surface area contributed by atoms with Gasteiger partial charge in [0.2, 0.25) is 11.8 Å². The van der Waals surface area contributed by atoms with Crippen molar-refractivity contribution in [3.63, 3.8) is 0 Å². The molecule has 0 aliphatic rings. The number of benzene rings is 1. The number of rotatable bonds is 9. The van der Waals surface area contributed by atoms with Crippen LogP contribution in [-0.4, -0.2) is 52.1 Å². The van der Waals surface area contributed by atoms with E-state index < -0.39 is 23.6 Å². The van der Waals surface area contributed by atoms with Crippen molar-refractivity contribution >= 4 is 17.9 Å². The number of alkyl carbamates (subject to hydrolysis) is 1.